The molecule has 1 atom stereocenters. The first-order valence-corrected chi connectivity index (χ1v) is 5.96. The van der Waals surface area contributed by atoms with Crippen molar-refractivity contribution in [3.8, 4) is 0 Å². The van der Waals surface area contributed by atoms with E-state index in [1.807, 2.05) is 0 Å². The van der Waals surface area contributed by atoms with E-state index in [1.165, 1.54) is 12.7 Å². The van der Waals surface area contributed by atoms with E-state index in [0.29, 0.717) is 5.41 Å². The molecule has 0 aliphatic heterocycles. The van der Waals surface area contributed by atoms with Gasteiger partial charge in [0.1, 0.15) is 0 Å². The minimum Gasteiger partial charge on any atom is -0.326 e. The Morgan fingerprint density at radius 2 is 1.60 bits per heavy atom. The highest BCUT2D eigenvalue weighted by molar-refractivity contribution is 7.32. The second-order valence-electron chi connectivity index (χ2n) is 4.09. The minimum atomic E-state index is -2.62. The van der Waals surface area contributed by atoms with Gasteiger partial charge in [-0.05, 0) is 11.0 Å². The monoisotopic (exact) mass is 230 g/mol. The molecule has 0 aromatic heterocycles. The molecule has 0 radical (unpaired) electrons. The number of hydrogen-bond acceptors (Lipinski definition) is 2. The first kappa shape index (κ1) is 14.4. The van der Waals surface area contributed by atoms with Crippen molar-refractivity contribution in [2.45, 2.75) is 26.2 Å². The molecule has 1 aromatic rings. The van der Waals surface area contributed by atoms with E-state index in [1.54, 1.807) is 0 Å². The van der Waals surface area contributed by atoms with Gasteiger partial charge in [0.05, 0.1) is 0 Å². The summed E-state index contributed by atoms with van der Waals surface area (Å²) in [5.74, 6) is 0. The lowest BCUT2D eigenvalue weighted by atomic mass is 9.87. The summed E-state index contributed by atoms with van der Waals surface area (Å²) < 4.78 is 13.2. The van der Waals surface area contributed by atoms with E-state index in [-0.39, 0.29) is 0 Å². The van der Waals surface area contributed by atoms with Gasteiger partial charge < -0.3 is 9.42 Å². The predicted octanol–water partition coefficient (Wildman–Crippen LogP) is 3.00. The van der Waals surface area contributed by atoms with Gasteiger partial charge >= 0.3 is 8.25 Å². The van der Waals surface area contributed by atoms with Crippen LogP contribution in [0.15, 0.2) is 30.3 Å². The summed E-state index contributed by atoms with van der Waals surface area (Å²) in [6.07, 6.45) is 0. The van der Waals surface area contributed by atoms with Crippen molar-refractivity contribution >= 4 is 8.25 Å². The van der Waals surface area contributed by atoms with Crippen molar-refractivity contribution in [1.82, 2.24) is 0 Å². The normalized spacial score (nSPS) is 12.6. The van der Waals surface area contributed by atoms with Crippen LogP contribution in [0.3, 0.4) is 0 Å². The zero-order valence-electron chi connectivity index (χ0n) is 9.65. The number of benzene rings is 1. The van der Waals surface area contributed by atoms with Crippen LogP contribution in [0.5, 0.6) is 0 Å². The maximum Gasteiger partial charge on any atom is 0.316 e. The van der Waals surface area contributed by atoms with Crippen LogP contribution < -0.4 is 0 Å². The van der Waals surface area contributed by atoms with Crippen LogP contribution in [0.2, 0.25) is 0 Å². The fourth-order valence-corrected chi connectivity index (χ4v) is 0.938. The van der Waals surface area contributed by atoms with Crippen molar-refractivity contribution in [2.24, 2.45) is 0 Å². The van der Waals surface area contributed by atoms with E-state index in [9.17, 15) is 4.57 Å². The summed E-state index contributed by atoms with van der Waals surface area (Å²) >= 11 is 0. The lowest BCUT2D eigenvalue weighted by molar-refractivity contribution is 0.343. The van der Waals surface area contributed by atoms with E-state index in [2.05, 4.69) is 55.6 Å². The maximum absolute atomic E-state index is 9.33. The van der Waals surface area contributed by atoms with Crippen LogP contribution in [0.25, 0.3) is 0 Å². The molecule has 0 fully saturated rings. The van der Waals surface area contributed by atoms with Gasteiger partial charge in [-0.15, -0.1) is 0 Å². The first-order valence-electron chi connectivity index (χ1n) is 4.70. The van der Waals surface area contributed by atoms with Gasteiger partial charge in [-0.1, -0.05) is 51.1 Å². The maximum atomic E-state index is 9.33. The summed E-state index contributed by atoms with van der Waals surface area (Å²) in [7, 11) is -1.44. The van der Waals surface area contributed by atoms with Crippen LogP contribution >= 0.6 is 8.25 Å². The summed E-state index contributed by atoms with van der Waals surface area (Å²) in [4.78, 5) is 7.69. The van der Waals surface area contributed by atoms with E-state index >= 15 is 0 Å². The highest BCUT2D eigenvalue weighted by Crippen LogP contribution is 2.20. The summed E-state index contributed by atoms with van der Waals surface area (Å²) in [6.45, 7) is 6.67. The molecule has 0 aliphatic rings. The third-order valence-corrected chi connectivity index (χ3v) is 2.16. The Morgan fingerprint density at radius 1 is 1.20 bits per heavy atom. The summed E-state index contributed by atoms with van der Waals surface area (Å²) in [5.41, 5.74) is 1.69. The Morgan fingerprint density at radius 3 is 1.80 bits per heavy atom. The van der Waals surface area contributed by atoms with Crippen molar-refractivity contribution in [3.63, 3.8) is 0 Å². The molecule has 0 saturated heterocycles. The Kier molecular flexibility index (Phi) is 6.50. The number of hydrogen-bond donors (Lipinski definition) is 1. The van der Waals surface area contributed by atoms with Gasteiger partial charge in [-0.3, -0.25) is 4.57 Å². The second-order valence-corrected chi connectivity index (χ2v) is 5.03. The van der Waals surface area contributed by atoms with Crippen LogP contribution in [0.4, 0.5) is 0 Å². The predicted molar refractivity (Wildman–Crippen MR) is 63.4 cm³/mol. The molecule has 0 aliphatic carbocycles. The molecule has 0 heterocycles. The van der Waals surface area contributed by atoms with Gasteiger partial charge in [0.15, 0.2) is 0 Å². The molecular weight excluding hydrogens is 211 g/mol. The van der Waals surface area contributed by atoms with Gasteiger partial charge in [-0.2, -0.15) is 0 Å². The third-order valence-electron chi connectivity index (χ3n) is 1.81. The average molecular weight is 230 g/mol. The molecule has 3 nitrogen and oxygen atoms in total. The van der Waals surface area contributed by atoms with Crippen molar-refractivity contribution in [1.29, 1.82) is 0 Å². The van der Waals surface area contributed by atoms with Gasteiger partial charge in [0.2, 0.25) is 0 Å². The molecule has 0 amide bonds. The quantitative estimate of drug-likeness (QED) is 0.754. The van der Waals surface area contributed by atoms with Crippen molar-refractivity contribution in [2.75, 3.05) is 7.11 Å². The van der Waals surface area contributed by atoms with E-state index in [4.69, 9.17) is 4.89 Å². The molecule has 0 spiro atoms. The summed E-state index contributed by atoms with van der Waals surface area (Å²) in [6, 6.07) is 10.6. The Balaban J connectivity index is 0.000000336. The lowest BCUT2D eigenvalue weighted by Crippen LogP contribution is -2.10. The zero-order valence-corrected chi connectivity index (χ0v) is 10.7. The van der Waals surface area contributed by atoms with Gasteiger partial charge in [-0.25, -0.2) is 0 Å². The minimum absolute atomic E-state index is 0.293. The Hall–Kier alpha value is -0.630. The molecule has 4 heteroatoms. The molecule has 1 rings (SSSR count). The molecule has 1 aromatic carbocycles. The summed E-state index contributed by atoms with van der Waals surface area (Å²) in [5, 5.41) is 0. The molecule has 0 saturated carbocycles. The third kappa shape index (κ3) is 7.32. The molecule has 15 heavy (non-hydrogen) atoms. The fraction of sp³-hybridized carbons (Fsp3) is 0.455. The largest absolute Gasteiger partial charge is 0.326 e. The molecule has 1 unspecified atom stereocenters. The molecule has 1 N–H and O–H groups in total. The topological polar surface area (TPSA) is 46.5 Å². The Bertz CT molecular complexity index is 290. The van der Waals surface area contributed by atoms with Gasteiger partial charge in [0, 0.05) is 7.11 Å². The zero-order chi connectivity index (χ0) is 11.9. The van der Waals surface area contributed by atoms with Crippen molar-refractivity contribution in [3.05, 3.63) is 35.9 Å². The Labute approximate surface area is 92.0 Å². The van der Waals surface area contributed by atoms with Crippen LogP contribution in [0, 0.1) is 0 Å². The SMILES string of the molecule is CC(C)(C)c1ccccc1.CO[PH](=O)O. The van der Waals surface area contributed by atoms with Gasteiger partial charge in [0.25, 0.3) is 0 Å². The van der Waals surface area contributed by atoms with E-state index < -0.39 is 8.25 Å². The molecule has 0 bridgehead atoms. The highest BCUT2D eigenvalue weighted by Gasteiger charge is 2.11. The molecule has 86 valence electrons. The van der Waals surface area contributed by atoms with Crippen molar-refractivity contribution < 1.29 is 14.0 Å². The standard InChI is InChI=1S/C10H14.CH5O3P/c1-10(2,3)9-7-5-4-6-8-9;1-4-5(2)3/h4-8H,1-3H3;5H,1H3,(H,2,3). The number of rotatable bonds is 1. The first-order chi connectivity index (χ1) is 6.88. The van der Waals surface area contributed by atoms with E-state index in [0.717, 1.165) is 0 Å². The average Bonchev–Trinajstić information content (AvgIpc) is 2.19. The second kappa shape index (κ2) is 6.78. The highest BCUT2D eigenvalue weighted by atomic mass is 31.1. The lowest BCUT2D eigenvalue weighted by Gasteiger charge is -2.18. The van der Waals surface area contributed by atoms with Crippen LogP contribution in [-0.2, 0) is 14.5 Å². The van der Waals surface area contributed by atoms with Crippen LogP contribution in [-0.4, -0.2) is 12.0 Å². The fourth-order valence-electron chi connectivity index (χ4n) is 0.938. The van der Waals surface area contributed by atoms with Crippen LogP contribution in [0.1, 0.15) is 26.3 Å². The smallest absolute Gasteiger partial charge is 0.316 e. The molecular formula is C11H19O3P.